The lowest BCUT2D eigenvalue weighted by molar-refractivity contribution is 0.168. The summed E-state index contributed by atoms with van der Waals surface area (Å²) in [6.45, 7) is 1.90. The standard InChI is InChI=1S/C12H18FNO2/c1-16-7-3-6-14-9-12(15)10-4-2-5-11(13)8-10/h2,4-5,8,12,14-15H,3,6-7,9H2,1H3. The minimum Gasteiger partial charge on any atom is -0.387 e. The monoisotopic (exact) mass is 227 g/mol. The van der Waals surface area contributed by atoms with Gasteiger partial charge in [-0.15, -0.1) is 0 Å². The maximum absolute atomic E-state index is 12.9. The van der Waals surface area contributed by atoms with E-state index in [4.69, 9.17) is 4.74 Å². The van der Waals surface area contributed by atoms with Gasteiger partial charge in [0.05, 0.1) is 6.10 Å². The number of benzene rings is 1. The van der Waals surface area contributed by atoms with Crippen LogP contribution in [-0.2, 0) is 4.74 Å². The molecule has 0 aromatic heterocycles. The highest BCUT2D eigenvalue weighted by molar-refractivity contribution is 5.18. The molecule has 0 saturated heterocycles. The van der Waals surface area contributed by atoms with E-state index in [2.05, 4.69) is 5.32 Å². The van der Waals surface area contributed by atoms with Crippen molar-refractivity contribution in [2.75, 3.05) is 26.8 Å². The lowest BCUT2D eigenvalue weighted by Crippen LogP contribution is -2.23. The fourth-order valence-electron chi connectivity index (χ4n) is 1.41. The molecule has 4 heteroatoms. The summed E-state index contributed by atoms with van der Waals surface area (Å²) in [5.74, 6) is -0.323. The molecular weight excluding hydrogens is 209 g/mol. The van der Waals surface area contributed by atoms with Gasteiger partial charge in [0.15, 0.2) is 0 Å². The maximum atomic E-state index is 12.9. The van der Waals surface area contributed by atoms with E-state index in [0.29, 0.717) is 18.7 Å². The van der Waals surface area contributed by atoms with E-state index in [0.717, 1.165) is 13.0 Å². The molecule has 1 aromatic carbocycles. The molecule has 3 nitrogen and oxygen atoms in total. The van der Waals surface area contributed by atoms with Gasteiger partial charge in [-0.1, -0.05) is 12.1 Å². The molecule has 0 radical (unpaired) electrons. The highest BCUT2D eigenvalue weighted by Crippen LogP contribution is 2.12. The SMILES string of the molecule is COCCCNCC(O)c1cccc(F)c1. The molecule has 0 bridgehead atoms. The first kappa shape index (κ1) is 13.1. The van der Waals surface area contributed by atoms with Crippen LogP contribution in [0.3, 0.4) is 0 Å². The summed E-state index contributed by atoms with van der Waals surface area (Å²) >= 11 is 0. The smallest absolute Gasteiger partial charge is 0.123 e. The quantitative estimate of drug-likeness (QED) is 0.693. The molecule has 0 amide bonds. The van der Waals surface area contributed by atoms with Crippen LogP contribution in [0.1, 0.15) is 18.1 Å². The van der Waals surface area contributed by atoms with Gasteiger partial charge in [-0.05, 0) is 30.7 Å². The Morgan fingerprint density at radius 2 is 2.31 bits per heavy atom. The molecule has 0 fully saturated rings. The van der Waals surface area contributed by atoms with Crippen LogP contribution in [0.2, 0.25) is 0 Å². The van der Waals surface area contributed by atoms with Crippen LogP contribution >= 0.6 is 0 Å². The summed E-state index contributed by atoms with van der Waals surface area (Å²) in [7, 11) is 1.65. The van der Waals surface area contributed by atoms with Gasteiger partial charge in [0.2, 0.25) is 0 Å². The predicted octanol–water partition coefficient (Wildman–Crippen LogP) is 1.49. The molecule has 1 atom stereocenters. The molecule has 2 N–H and O–H groups in total. The molecule has 1 aromatic rings. The summed E-state index contributed by atoms with van der Waals surface area (Å²) in [5, 5.41) is 12.8. The van der Waals surface area contributed by atoms with Crippen LogP contribution in [0.5, 0.6) is 0 Å². The predicted molar refractivity (Wildman–Crippen MR) is 60.7 cm³/mol. The minimum atomic E-state index is -0.668. The Labute approximate surface area is 95.2 Å². The maximum Gasteiger partial charge on any atom is 0.123 e. The Morgan fingerprint density at radius 3 is 3.00 bits per heavy atom. The second kappa shape index (κ2) is 7.33. The summed E-state index contributed by atoms with van der Waals surface area (Å²) in [5.41, 5.74) is 0.597. The number of hydrogen-bond donors (Lipinski definition) is 2. The van der Waals surface area contributed by atoms with Crippen LogP contribution in [0.15, 0.2) is 24.3 Å². The van der Waals surface area contributed by atoms with Crippen molar-refractivity contribution in [3.63, 3.8) is 0 Å². The Balaban J connectivity index is 2.27. The number of nitrogens with one attached hydrogen (secondary N) is 1. The van der Waals surface area contributed by atoms with Gasteiger partial charge in [0.25, 0.3) is 0 Å². The van der Waals surface area contributed by atoms with Crippen LogP contribution in [0, 0.1) is 5.82 Å². The highest BCUT2D eigenvalue weighted by atomic mass is 19.1. The van der Waals surface area contributed by atoms with E-state index >= 15 is 0 Å². The van der Waals surface area contributed by atoms with Gasteiger partial charge in [0, 0.05) is 20.3 Å². The zero-order valence-corrected chi connectivity index (χ0v) is 9.45. The second-order valence-electron chi connectivity index (χ2n) is 3.62. The molecule has 0 saturated carbocycles. The molecule has 1 rings (SSSR count). The summed E-state index contributed by atoms with van der Waals surface area (Å²) in [6.07, 6.45) is 0.227. The summed E-state index contributed by atoms with van der Waals surface area (Å²) < 4.78 is 17.8. The zero-order valence-electron chi connectivity index (χ0n) is 9.45. The number of ether oxygens (including phenoxy) is 1. The number of halogens is 1. The first-order chi connectivity index (χ1) is 7.74. The first-order valence-electron chi connectivity index (χ1n) is 5.37. The first-order valence-corrected chi connectivity index (χ1v) is 5.37. The van der Waals surface area contributed by atoms with Crippen molar-refractivity contribution in [2.24, 2.45) is 0 Å². The molecule has 16 heavy (non-hydrogen) atoms. The molecule has 90 valence electrons. The van der Waals surface area contributed by atoms with Gasteiger partial charge in [0.1, 0.15) is 5.82 Å². The van der Waals surface area contributed by atoms with Gasteiger partial charge in [-0.25, -0.2) is 4.39 Å². The second-order valence-corrected chi connectivity index (χ2v) is 3.62. The number of hydrogen-bond acceptors (Lipinski definition) is 3. The van der Waals surface area contributed by atoms with Crippen LogP contribution in [0.25, 0.3) is 0 Å². The highest BCUT2D eigenvalue weighted by Gasteiger charge is 2.07. The van der Waals surface area contributed by atoms with E-state index in [9.17, 15) is 9.50 Å². The van der Waals surface area contributed by atoms with Gasteiger partial charge in [-0.3, -0.25) is 0 Å². The lowest BCUT2D eigenvalue weighted by atomic mass is 10.1. The summed E-state index contributed by atoms with van der Waals surface area (Å²) in [6, 6.07) is 6.02. The third-order valence-corrected chi connectivity index (χ3v) is 2.27. The number of methoxy groups -OCH3 is 1. The Kier molecular flexibility index (Phi) is 6.00. The Morgan fingerprint density at radius 1 is 1.50 bits per heavy atom. The molecule has 0 aliphatic rings. The van der Waals surface area contributed by atoms with Crippen molar-refractivity contribution in [1.29, 1.82) is 0 Å². The molecule has 0 heterocycles. The van der Waals surface area contributed by atoms with Crippen LogP contribution < -0.4 is 5.32 Å². The third kappa shape index (κ3) is 4.70. The van der Waals surface area contributed by atoms with Gasteiger partial charge >= 0.3 is 0 Å². The van der Waals surface area contributed by atoms with Crippen molar-refractivity contribution >= 4 is 0 Å². The number of aliphatic hydroxyl groups excluding tert-OH is 1. The zero-order chi connectivity index (χ0) is 11.8. The molecular formula is C12H18FNO2. The van der Waals surface area contributed by atoms with E-state index in [1.165, 1.54) is 12.1 Å². The van der Waals surface area contributed by atoms with E-state index in [1.54, 1.807) is 19.2 Å². The van der Waals surface area contributed by atoms with Crippen molar-refractivity contribution in [1.82, 2.24) is 5.32 Å². The van der Waals surface area contributed by atoms with Crippen molar-refractivity contribution in [3.05, 3.63) is 35.6 Å². The average molecular weight is 227 g/mol. The molecule has 1 unspecified atom stereocenters. The fourth-order valence-corrected chi connectivity index (χ4v) is 1.41. The lowest BCUT2D eigenvalue weighted by Gasteiger charge is -2.12. The van der Waals surface area contributed by atoms with Gasteiger partial charge < -0.3 is 15.2 Å². The van der Waals surface area contributed by atoms with Crippen molar-refractivity contribution in [3.8, 4) is 0 Å². The van der Waals surface area contributed by atoms with Crippen LogP contribution in [-0.4, -0.2) is 31.9 Å². The number of rotatable bonds is 7. The Hall–Kier alpha value is -0.970. The topological polar surface area (TPSA) is 41.5 Å². The number of aliphatic hydroxyl groups is 1. The van der Waals surface area contributed by atoms with Crippen molar-refractivity contribution in [2.45, 2.75) is 12.5 Å². The third-order valence-electron chi connectivity index (χ3n) is 2.27. The normalized spacial score (nSPS) is 12.7. The summed E-state index contributed by atoms with van der Waals surface area (Å²) in [4.78, 5) is 0. The Bertz CT molecular complexity index is 307. The van der Waals surface area contributed by atoms with Crippen LogP contribution in [0.4, 0.5) is 4.39 Å². The van der Waals surface area contributed by atoms with E-state index in [1.807, 2.05) is 0 Å². The van der Waals surface area contributed by atoms with E-state index < -0.39 is 6.10 Å². The van der Waals surface area contributed by atoms with E-state index in [-0.39, 0.29) is 5.82 Å². The molecule has 0 spiro atoms. The average Bonchev–Trinajstić information content (AvgIpc) is 2.28. The van der Waals surface area contributed by atoms with Gasteiger partial charge in [-0.2, -0.15) is 0 Å². The minimum absolute atomic E-state index is 0.323. The molecule has 0 aliphatic heterocycles. The van der Waals surface area contributed by atoms with Crippen molar-refractivity contribution < 1.29 is 14.2 Å². The fraction of sp³-hybridized carbons (Fsp3) is 0.500. The molecule has 0 aliphatic carbocycles. The largest absolute Gasteiger partial charge is 0.387 e.